The second-order valence-electron chi connectivity index (χ2n) is 8.14. The fourth-order valence-electron chi connectivity index (χ4n) is 4.16. The van der Waals surface area contributed by atoms with Crippen LogP contribution in [-0.4, -0.2) is 54.3 Å². The lowest BCUT2D eigenvalue weighted by molar-refractivity contribution is -0.117. The number of aromatic nitrogens is 3. The quantitative estimate of drug-likeness (QED) is 0.442. The van der Waals surface area contributed by atoms with Crippen LogP contribution in [0.5, 0.6) is 11.5 Å². The van der Waals surface area contributed by atoms with Crippen LogP contribution in [0.3, 0.4) is 0 Å². The molecular formula is C25H26Cl2N4O4. The van der Waals surface area contributed by atoms with E-state index in [1.54, 1.807) is 12.3 Å². The molecule has 3 heterocycles. The number of hydrogen-bond donors (Lipinski definition) is 1. The molecule has 0 saturated carbocycles. The molecule has 1 unspecified atom stereocenters. The summed E-state index contributed by atoms with van der Waals surface area (Å²) in [7, 11) is 3.06. The van der Waals surface area contributed by atoms with Gasteiger partial charge in [0, 0.05) is 35.6 Å². The van der Waals surface area contributed by atoms with Crippen LogP contribution in [0.4, 0.5) is 0 Å². The Morgan fingerprint density at radius 1 is 1.20 bits per heavy atom. The number of benzene rings is 1. The summed E-state index contributed by atoms with van der Waals surface area (Å²) >= 11 is 13.2. The highest BCUT2D eigenvalue weighted by Gasteiger charge is 2.30. The predicted molar refractivity (Wildman–Crippen MR) is 135 cm³/mol. The topological polar surface area (TPSA) is 95.5 Å². The number of ether oxygens (including phenoxy) is 3. The van der Waals surface area contributed by atoms with Crippen molar-refractivity contribution in [1.29, 1.82) is 0 Å². The van der Waals surface area contributed by atoms with Gasteiger partial charge in [-0.15, -0.1) is 0 Å². The average Bonchev–Trinajstić information content (AvgIpc) is 3.29. The van der Waals surface area contributed by atoms with Gasteiger partial charge in [0.2, 0.25) is 5.91 Å². The number of rotatable bonds is 8. The van der Waals surface area contributed by atoms with E-state index in [-0.39, 0.29) is 17.9 Å². The third-order valence-corrected chi connectivity index (χ3v) is 6.76. The number of fused-ring (bicyclic) bond motifs is 1. The first-order valence-electron chi connectivity index (χ1n) is 11.2. The number of amides is 1. The molecule has 0 radical (unpaired) electrons. The third-order valence-electron chi connectivity index (χ3n) is 6.01. The zero-order valence-electron chi connectivity index (χ0n) is 19.7. The second-order valence-corrected chi connectivity index (χ2v) is 8.89. The first-order chi connectivity index (χ1) is 16.9. The molecule has 3 aromatic rings. The van der Waals surface area contributed by atoms with Gasteiger partial charge in [0.25, 0.3) is 0 Å². The minimum absolute atomic E-state index is 0.0653. The molecule has 1 aliphatic heterocycles. The van der Waals surface area contributed by atoms with Gasteiger partial charge in [0.15, 0.2) is 0 Å². The summed E-state index contributed by atoms with van der Waals surface area (Å²) in [6, 6.07) is 3.39. The lowest BCUT2D eigenvalue weighted by Crippen LogP contribution is -2.39. The van der Waals surface area contributed by atoms with Gasteiger partial charge >= 0.3 is 0 Å². The predicted octanol–water partition coefficient (Wildman–Crippen LogP) is 4.44. The number of hydrogen-bond acceptors (Lipinski definition) is 7. The maximum Gasteiger partial charge on any atom is 0.243 e. The lowest BCUT2D eigenvalue weighted by Gasteiger charge is -2.18. The monoisotopic (exact) mass is 516 g/mol. The van der Waals surface area contributed by atoms with Crippen molar-refractivity contribution in [2.24, 2.45) is 5.92 Å². The van der Waals surface area contributed by atoms with Gasteiger partial charge in [-0.1, -0.05) is 36.7 Å². The summed E-state index contributed by atoms with van der Waals surface area (Å²) in [6.45, 7) is 6.49. The Morgan fingerprint density at radius 3 is 2.54 bits per heavy atom. The van der Waals surface area contributed by atoms with E-state index >= 15 is 0 Å². The summed E-state index contributed by atoms with van der Waals surface area (Å²) in [5.74, 6) is 1.38. The molecule has 1 fully saturated rings. The fourth-order valence-corrected chi connectivity index (χ4v) is 4.86. The first-order valence-corrected chi connectivity index (χ1v) is 11.9. The average molecular weight is 517 g/mol. The minimum atomic E-state index is -0.221. The summed E-state index contributed by atoms with van der Waals surface area (Å²) in [5.41, 5.74) is 2.65. The molecule has 1 aliphatic rings. The van der Waals surface area contributed by atoms with Crippen molar-refractivity contribution < 1.29 is 19.0 Å². The van der Waals surface area contributed by atoms with E-state index in [4.69, 9.17) is 47.4 Å². The molecule has 35 heavy (non-hydrogen) atoms. The summed E-state index contributed by atoms with van der Waals surface area (Å²) in [5, 5.41) is 4.42. The maximum absolute atomic E-state index is 11.7. The van der Waals surface area contributed by atoms with E-state index in [0.717, 1.165) is 16.6 Å². The van der Waals surface area contributed by atoms with E-state index in [0.29, 0.717) is 64.7 Å². The molecule has 184 valence electrons. The van der Waals surface area contributed by atoms with Crippen molar-refractivity contribution in [3.05, 3.63) is 52.5 Å². The van der Waals surface area contributed by atoms with Crippen molar-refractivity contribution in [2.45, 2.75) is 25.8 Å². The van der Waals surface area contributed by atoms with Crippen molar-refractivity contribution in [3.63, 3.8) is 0 Å². The second kappa shape index (κ2) is 10.8. The summed E-state index contributed by atoms with van der Waals surface area (Å²) < 4.78 is 16.4. The maximum atomic E-state index is 11.7. The smallest absolute Gasteiger partial charge is 0.243 e. The van der Waals surface area contributed by atoms with Gasteiger partial charge in [-0.25, -0.2) is 9.97 Å². The van der Waals surface area contributed by atoms with E-state index in [1.165, 1.54) is 20.3 Å². The highest BCUT2D eigenvalue weighted by Crippen LogP contribution is 2.45. The molecule has 2 aromatic heterocycles. The molecule has 1 amide bonds. The number of carbonyl (C=O) groups is 1. The van der Waals surface area contributed by atoms with Crippen LogP contribution in [0.2, 0.25) is 10.0 Å². The van der Waals surface area contributed by atoms with Gasteiger partial charge in [-0.3, -0.25) is 9.78 Å². The number of carbonyl (C=O) groups excluding carboxylic acids is 1. The number of methoxy groups -OCH3 is 2. The zero-order valence-corrected chi connectivity index (χ0v) is 21.2. The van der Waals surface area contributed by atoms with Crippen LogP contribution in [-0.2, 0) is 22.4 Å². The van der Waals surface area contributed by atoms with Crippen molar-refractivity contribution >= 4 is 40.0 Å². The fraction of sp³-hybridized carbons (Fsp3) is 0.360. The summed E-state index contributed by atoms with van der Waals surface area (Å²) in [4.78, 5) is 26.0. The van der Waals surface area contributed by atoms with Gasteiger partial charge in [-0.2, -0.15) is 0 Å². The number of aryl methyl sites for hydroxylation is 1. The Morgan fingerprint density at radius 2 is 1.91 bits per heavy atom. The molecule has 4 rings (SSSR count). The van der Waals surface area contributed by atoms with Gasteiger partial charge in [-0.05, 0) is 18.6 Å². The molecule has 1 aromatic carbocycles. The van der Waals surface area contributed by atoms with Crippen molar-refractivity contribution in [1.82, 2.24) is 20.3 Å². The molecule has 1 saturated heterocycles. The Kier molecular flexibility index (Phi) is 7.74. The van der Waals surface area contributed by atoms with E-state index < -0.39 is 0 Å². The van der Waals surface area contributed by atoms with E-state index in [2.05, 4.69) is 16.9 Å². The Bertz CT molecular complexity index is 1260. The summed E-state index contributed by atoms with van der Waals surface area (Å²) in [6.07, 6.45) is 4.23. The van der Waals surface area contributed by atoms with E-state index in [9.17, 15) is 4.79 Å². The van der Waals surface area contributed by atoms with Crippen LogP contribution in [0.1, 0.15) is 18.4 Å². The number of halogens is 2. The van der Waals surface area contributed by atoms with Crippen LogP contribution in [0, 0.1) is 5.92 Å². The minimum Gasteiger partial charge on any atom is -0.495 e. The van der Waals surface area contributed by atoms with Crippen LogP contribution >= 0.6 is 23.2 Å². The highest BCUT2D eigenvalue weighted by atomic mass is 35.5. The van der Waals surface area contributed by atoms with Crippen LogP contribution in [0.15, 0.2) is 31.0 Å². The lowest BCUT2D eigenvalue weighted by atomic mass is 9.99. The van der Waals surface area contributed by atoms with Crippen LogP contribution < -0.4 is 14.8 Å². The van der Waals surface area contributed by atoms with E-state index in [1.807, 2.05) is 13.0 Å². The molecule has 0 aliphatic carbocycles. The van der Waals surface area contributed by atoms with Gasteiger partial charge < -0.3 is 19.5 Å². The molecule has 10 heteroatoms. The molecule has 0 bridgehead atoms. The molecule has 1 N–H and O–H groups in total. The number of pyridine rings is 1. The number of nitrogens with one attached hydrogen (secondary N) is 1. The molecule has 8 nitrogen and oxygen atoms in total. The molecule has 0 spiro atoms. The molecular weight excluding hydrogens is 491 g/mol. The normalized spacial score (nSPS) is 17.4. The van der Waals surface area contributed by atoms with Crippen LogP contribution in [0.25, 0.3) is 22.2 Å². The SMILES string of the molecule is C=CC(=O)N[C@H]1COCC1Cc1ncc2cc(-c3c(Cl)c(OC)cc(OC)c3Cl)nc(CC)c2n1. The largest absolute Gasteiger partial charge is 0.495 e. The number of nitrogens with zero attached hydrogens (tertiary/aromatic N) is 3. The first kappa shape index (κ1) is 25.2. The molecule has 2 atom stereocenters. The van der Waals surface area contributed by atoms with Crippen molar-refractivity contribution in [3.8, 4) is 22.8 Å². The highest BCUT2D eigenvalue weighted by molar-refractivity contribution is 6.41. The Hall–Kier alpha value is -2.94. The van der Waals surface area contributed by atoms with Crippen molar-refractivity contribution in [2.75, 3.05) is 27.4 Å². The zero-order chi connectivity index (χ0) is 25.1. The Labute approximate surface area is 213 Å². The standard InChI is InChI=1S/C25H26Cl2N4O4/c1-5-15-25-13(7-16(29-15)22-23(26)18(33-3)9-19(34-4)24(22)27)10-28-20(31-25)8-14-11-35-12-17(14)30-21(32)6-2/h6-7,9-10,14,17H,2,5,8,11-12H2,1,3-4H3,(H,30,32)/t14?,17-/m0/s1. The Balaban J connectivity index is 1.72. The van der Waals surface area contributed by atoms with Gasteiger partial charge in [0.1, 0.15) is 17.3 Å². The van der Waals surface area contributed by atoms with Gasteiger partial charge in [0.05, 0.1) is 60.4 Å². The third kappa shape index (κ3) is 5.05.